The highest BCUT2D eigenvalue weighted by molar-refractivity contribution is 14.0. The molecule has 10 heteroatoms. The second-order valence-corrected chi connectivity index (χ2v) is 6.91. The largest absolute Gasteiger partial charge is 0.497 e. The molecule has 0 aliphatic heterocycles. The fraction of sp³-hybridized carbons (Fsp3) is 0.476. The third-order valence-electron chi connectivity index (χ3n) is 4.98. The Morgan fingerprint density at radius 2 is 1.97 bits per heavy atom. The number of methoxy groups -OCH3 is 2. The first-order valence-corrected chi connectivity index (χ1v) is 10.2. The van der Waals surface area contributed by atoms with Crippen LogP contribution in [-0.4, -0.2) is 60.1 Å². The van der Waals surface area contributed by atoms with Gasteiger partial charge in [0.25, 0.3) is 0 Å². The van der Waals surface area contributed by atoms with E-state index in [-0.39, 0.29) is 24.0 Å². The number of nitrogens with one attached hydrogen (secondary N) is 3. The summed E-state index contributed by atoms with van der Waals surface area (Å²) in [6.07, 6.45) is 4.53. The van der Waals surface area contributed by atoms with Crippen molar-refractivity contribution < 1.29 is 9.47 Å². The highest BCUT2D eigenvalue weighted by atomic mass is 127. The number of nitrogens with zero attached hydrogens (tertiary/aromatic N) is 4. The number of aromatic nitrogens is 4. The summed E-state index contributed by atoms with van der Waals surface area (Å²) in [5, 5.41) is 15.8. The standard InChI is InChI=1S/C21H31N7O2.HI/c1-5-20-27-25-14-28(20)10-9-24-21(22-2)23-8-6-7-15-11-17-18(26-15)12-16(29-3)13-19(17)30-4;/h11-14,26H,5-10H2,1-4H3,(H2,22,23,24);1H. The first-order valence-electron chi connectivity index (χ1n) is 10.2. The Morgan fingerprint density at radius 1 is 1.16 bits per heavy atom. The molecule has 0 bridgehead atoms. The summed E-state index contributed by atoms with van der Waals surface area (Å²) in [7, 11) is 5.12. The Labute approximate surface area is 200 Å². The van der Waals surface area contributed by atoms with Gasteiger partial charge in [-0.2, -0.15) is 0 Å². The zero-order chi connectivity index (χ0) is 21.3. The maximum Gasteiger partial charge on any atom is 0.191 e. The summed E-state index contributed by atoms with van der Waals surface area (Å²) in [6, 6.07) is 6.04. The van der Waals surface area contributed by atoms with Crippen LogP contribution in [0.1, 0.15) is 24.9 Å². The number of rotatable bonds is 10. The second-order valence-electron chi connectivity index (χ2n) is 6.91. The van der Waals surface area contributed by atoms with Crippen molar-refractivity contribution in [1.29, 1.82) is 0 Å². The molecule has 2 aromatic heterocycles. The van der Waals surface area contributed by atoms with Crippen LogP contribution in [0.4, 0.5) is 0 Å². The second kappa shape index (κ2) is 12.4. The van der Waals surface area contributed by atoms with Gasteiger partial charge in [-0.15, -0.1) is 34.2 Å². The van der Waals surface area contributed by atoms with Gasteiger partial charge in [-0.1, -0.05) is 6.92 Å². The van der Waals surface area contributed by atoms with E-state index in [1.807, 2.05) is 12.1 Å². The lowest BCUT2D eigenvalue weighted by Crippen LogP contribution is -2.39. The Bertz CT molecular complexity index is 983. The molecule has 170 valence electrons. The SMILES string of the molecule is CCc1nncn1CCNC(=NC)NCCCc1cc2c(OC)cc(OC)cc2[nH]1.I. The van der Waals surface area contributed by atoms with E-state index in [0.29, 0.717) is 0 Å². The van der Waals surface area contributed by atoms with Crippen molar-refractivity contribution in [2.24, 2.45) is 4.99 Å². The predicted molar refractivity (Wildman–Crippen MR) is 134 cm³/mol. The van der Waals surface area contributed by atoms with Crippen LogP contribution in [0.5, 0.6) is 11.5 Å². The third kappa shape index (κ3) is 6.49. The molecule has 1 aromatic carbocycles. The molecule has 0 atom stereocenters. The summed E-state index contributed by atoms with van der Waals surface area (Å²) in [6.45, 7) is 4.46. The molecule has 3 aromatic rings. The molecular weight excluding hydrogens is 509 g/mol. The first kappa shape index (κ1) is 24.8. The van der Waals surface area contributed by atoms with E-state index in [1.165, 1.54) is 5.69 Å². The van der Waals surface area contributed by atoms with Crippen molar-refractivity contribution in [1.82, 2.24) is 30.4 Å². The molecular formula is C21H32IN7O2. The number of ether oxygens (including phenoxy) is 2. The van der Waals surface area contributed by atoms with E-state index >= 15 is 0 Å². The number of fused-ring (bicyclic) bond motifs is 1. The van der Waals surface area contributed by atoms with Crippen LogP contribution in [0.25, 0.3) is 10.9 Å². The Hall–Kier alpha value is -2.50. The van der Waals surface area contributed by atoms with Gasteiger partial charge in [0, 0.05) is 56.3 Å². The zero-order valence-electron chi connectivity index (χ0n) is 18.6. The Balaban J connectivity index is 0.00000341. The van der Waals surface area contributed by atoms with Gasteiger partial charge < -0.3 is 29.7 Å². The molecule has 0 aliphatic rings. The van der Waals surface area contributed by atoms with Gasteiger partial charge in [0.05, 0.1) is 19.7 Å². The summed E-state index contributed by atoms with van der Waals surface area (Å²) in [4.78, 5) is 7.75. The van der Waals surface area contributed by atoms with E-state index < -0.39 is 0 Å². The van der Waals surface area contributed by atoms with E-state index in [9.17, 15) is 0 Å². The molecule has 0 aliphatic carbocycles. The monoisotopic (exact) mass is 541 g/mol. The van der Waals surface area contributed by atoms with Crippen LogP contribution >= 0.6 is 24.0 Å². The van der Waals surface area contributed by atoms with Gasteiger partial charge in [-0.25, -0.2) is 0 Å². The van der Waals surface area contributed by atoms with Gasteiger partial charge in [-0.3, -0.25) is 4.99 Å². The topological polar surface area (TPSA) is 101 Å². The zero-order valence-corrected chi connectivity index (χ0v) is 20.9. The summed E-state index contributed by atoms with van der Waals surface area (Å²) in [5.74, 6) is 3.38. The highest BCUT2D eigenvalue weighted by Gasteiger charge is 2.09. The van der Waals surface area contributed by atoms with E-state index in [2.05, 4.69) is 48.4 Å². The number of hydrogen-bond acceptors (Lipinski definition) is 5. The molecule has 0 unspecified atom stereocenters. The molecule has 0 spiro atoms. The van der Waals surface area contributed by atoms with Gasteiger partial charge >= 0.3 is 0 Å². The summed E-state index contributed by atoms with van der Waals surface area (Å²) in [5.41, 5.74) is 2.19. The van der Waals surface area contributed by atoms with Crippen LogP contribution in [0.15, 0.2) is 29.5 Å². The first-order chi connectivity index (χ1) is 14.7. The molecule has 2 heterocycles. The number of aryl methyl sites for hydroxylation is 2. The van der Waals surface area contributed by atoms with Crippen molar-refractivity contribution in [3.63, 3.8) is 0 Å². The lowest BCUT2D eigenvalue weighted by atomic mass is 10.2. The summed E-state index contributed by atoms with van der Waals surface area (Å²) >= 11 is 0. The Morgan fingerprint density at radius 3 is 2.68 bits per heavy atom. The van der Waals surface area contributed by atoms with Crippen LogP contribution in [0.2, 0.25) is 0 Å². The molecule has 0 saturated carbocycles. The lowest BCUT2D eigenvalue weighted by molar-refractivity contribution is 0.398. The number of aromatic amines is 1. The number of benzene rings is 1. The molecule has 0 fully saturated rings. The van der Waals surface area contributed by atoms with Crippen LogP contribution < -0.4 is 20.1 Å². The fourth-order valence-electron chi connectivity index (χ4n) is 3.40. The number of hydrogen-bond donors (Lipinski definition) is 3. The number of halogens is 1. The van der Waals surface area contributed by atoms with Crippen LogP contribution in [0.3, 0.4) is 0 Å². The van der Waals surface area contributed by atoms with Crippen LogP contribution in [0, 0.1) is 0 Å². The summed E-state index contributed by atoms with van der Waals surface area (Å²) < 4.78 is 12.9. The average Bonchev–Trinajstić information content (AvgIpc) is 3.40. The molecule has 0 amide bonds. The maximum atomic E-state index is 5.49. The Kier molecular flexibility index (Phi) is 9.89. The van der Waals surface area contributed by atoms with Crippen molar-refractivity contribution in [2.45, 2.75) is 32.7 Å². The third-order valence-corrected chi connectivity index (χ3v) is 4.98. The molecule has 0 saturated heterocycles. The molecule has 0 radical (unpaired) electrons. The minimum Gasteiger partial charge on any atom is -0.497 e. The van der Waals surface area contributed by atoms with Gasteiger partial charge in [-0.05, 0) is 18.9 Å². The number of aliphatic imine (C=N–C) groups is 1. The minimum absolute atomic E-state index is 0. The average molecular weight is 541 g/mol. The van der Waals surface area contributed by atoms with Crippen molar-refractivity contribution in [3.8, 4) is 11.5 Å². The fourth-order valence-corrected chi connectivity index (χ4v) is 3.40. The molecule has 3 rings (SSSR count). The normalized spacial score (nSPS) is 11.3. The molecule has 3 N–H and O–H groups in total. The van der Waals surface area contributed by atoms with E-state index in [1.54, 1.807) is 27.6 Å². The molecule has 9 nitrogen and oxygen atoms in total. The number of H-pyrrole nitrogens is 1. The van der Waals surface area contributed by atoms with E-state index in [4.69, 9.17) is 9.47 Å². The van der Waals surface area contributed by atoms with Crippen molar-refractivity contribution in [3.05, 3.63) is 36.0 Å². The van der Waals surface area contributed by atoms with Gasteiger partial charge in [0.1, 0.15) is 23.7 Å². The highest BCUT2D eigenvalue weighted by Crippen LogP contribution is 2.31. The van der Waals surface area contributed by atoms with Gasteiger partial charge in [0.15, 0.2) is 5.96 Å². The van der Waals surface area contributed by atoms with Crippen LogP contribution in [-0.2, 0) is 19.4 Å². The number of guanidine groups is 1. The maximum absolute atomic E-state index is 5.49. The smallest absolute Gasteiger partial charge is 0.191 e. The molecule has 31 heavy (non-hydrogen) atoms. The lowest BCUT2D eigenvalue weighted by Gasteiger charge is -2.12. The van der Waals surface area contributed by atoms with Crippen molar-refractivity contribution in [2.75, 3.05) is 34.4 Å². The van der Waals surface area contributed by atoms with Crippen molar-refractivity contribution >= 4 is 40.8 Å². The van der Waals surface area contributed by atoms with Gasteiger partial charge in [0.2, 0.25) is 0 Å². The van der Waals surface area contributed by atoms with E-state index in [0.717, 1.165) is 73.1 Å². The minimum atomic E-state index is 0. The predicted octanol–water partition coefficient (Wildman–Crippen LogP) is 2.75. The quantitative estimate of drug-likeness (QED) is 0.158.